The Morgan fingerprint density at radius 2 is 1.69 bits per heavy atom. The largest absolute Gasteiger partial charge is 0.491 e. The topological polar surface area (TPSA) is 75.2 Å². The van der Waals surface area contributed by atoms with E-state index in [9.17, 15) is 9.59 Å². The maximum atomic E-state index is 12.9. The number of carbonyl (C=O) groups is 2. The summed E-state index contributed by atoms with van der Waals surface area (Å²) in [7, 11) is 0. The smallest absolute Gasteiger partial charge is 0.273 e. The molecule has 1 aromatic heterocycles. The van der Waals surface area contributed by atoms with Crippen molar-refractivity contribution >= 4 is 23.2 Å². The summed E-state index contributed by atoms with van der Waals surface area (Å²) in [5.74, 6) is 0.866. The molecule has 2 saturated heterocycles. The van der Waals surface area contributed by atoms with Gasteiger partial charge in [-0.1, -0.05) is 0 Å². The van der Waals surface area contributed by atoms with Crippen molar-refractivity contribution in [3.63, 3.8) is 0 Å². The first kappa shape index (κ1) is 22.7. The molecule has 1 aromatic carbocycles. The van der Waals surface area contributed by atoms with Crippen molar-refractivity contribution in [1.82, 2.24) is 19.7 Å². The van der Waals surface area contributed by atoms with Gasteiger partial charge in [-0.05, 0) is 38.1 Å². The predicted octanol–water partition coefficient (Wildman–Crippen LogP) is 2.21. The fraction of sp³-hybridized carbons (Fsp3) is 0.522. The molecule has 2 fully saturated rings. The van der Waals surface area contributed by atoms with Crippen LogP contribution < -0.4 is 4.74 Å². The molecule has 172 valence electrons. The molecule has 0 radical (unpaired) electrons. The molecule has 2 aliphatic rings. The Morgan fingerprint density at radius 1 is 1.03 bits per heavy atom. The van der Waals surface area contributed by atoms with E-state index in [0.717, 1.165) is 29.4 Å². The zero-order valence-corrected chi connectivity index (χ0v) is 19.5. The maximum absolute atomic E-state index is 12.9. The van der Waals surface area contributed by atoms with Crippen LogP contribution >= 0.6 is 11.3 Å². The Labute approximate surface area is 192 Å². The highest BCUT2D eigenvalue weighted by Crippen LogP contribution is 2.26. The lowest BCUT2D eigenvalue weighted by Gasteiger charge is -2.36. The third-order valence-corrected chi connectivity index (χ3v) is 6.47. The van der Waals surface area contributed by atoms with E-state index in [2.05, 4.69) is 9.88 Å². The molecule has 0 N–H and O–H groups in total. The van der Waals surface area contributed by atoms with Gasteiger partial charge in [0.2, 0.25) is 5.91 Å². The number of morpholine rings is 1. The highest BCUT2D eigenvalue weighted by molar-refractivity contribution is 7.13. The number of carbonyl (C=O) groups excluding carboxylic acids is 2. The van der Waals surface area contributed by atoms with Gasteiger partial charge in [0.25, 0.3) is 5.91 Å². The first-order chi connectivity index (χ1) is 15.5. The van der Waals surface area contributed by atoms with Gasteiger partial charge in [-0.25, -0.2) is 4.98 Å². The van der Waals surface area contributed by atoms with Gasteiger partial charge in [0, 0.05) is 50.2 Å². The number of aromatic nitrogens is 1. The summed E-state index contributed by atoms with van der Waals surface area (Å²) in [5, 5.41) is 2.62. The minimum absolute atomic E-state index is 0.0764. The van der Waals surface area contributed by atoms with Crippen molar-refractivity contribution in [2.24, 2.45) is 0 Å². The van der Waals surface area contributed by atoms with Crippen LogP contribution in [-0.2, 0) is 9.53 Å². The molecule has 0 aliphatic carbocycles. The van der Waals surface area contributed by atoms with Crippen molar-refractivity contribution in [2.45, 2.75) is 20.0 Å². The number of rotatable bonds is 6. The number of thiazole rings is 1. The molecule has 2 aliphatic heterocycles. The Kier molecular flexibility index (Phi) is 7.39. The third-order valence-electron chi connectivity index (χ3n) is 5.58. The standard InChI is InChI=1S/C23H30N4O4S/c1-17(2)31-19-5-3-18(4-6-19)22-24-20(16-32-22)23(29)27-9-7-26(8-10-27)21(28)15-25-11-13-30-14-12-25/h3-6,16-17H,7-15H2,1-2H3. The SMILES string of the molecule is CC(C)Oc1ccc(-c2nc(C(=O)N3CCN(C(=O)CN4CCOCC4)CC3)cs2)cc1. The summed E-state index contributed by atoms with van der Waals surface area (Å²) in [5.41, 5.74) is 1.42. The molecule has 0 spiro atoms. The molecule has 4 rings (SSSR count). The first-order valence-electron chi connectivity index (χ1n) is 11.1. The molecule has 0 atom stereocenters. The second-order valence-electron chi connectivity index (χ2n) is 8.29. The second kappa shape index (κ2) is 10.4. The predicted molar refractivity (Wildman–Crippen MR) is 123 cm³/mol. The van der Waals surface area contributed by atoms with Gasteiger partial charge >= 0.3 is 0 Å². The Hall–Kier alpha value is -2.49. The molecular weight excluding hydrogens is 428 g/mol. The monoisotopic (exact) mass is 458 g/mol. The fourth-order valence-corrected chi connectivity index (χ4v) is 4.62. The number of amides is 2. The van der Waals surface area contributed by atoms with Crippen LogP contribution in [0.5, 0.6) is 5.75 Å². The Morgan fingerprint density at radius 3 is 2.34 bits per heavy atom. The van der Waals surface area contributed by atoms with Gasteiger partial charge in [-0.3, -0.25) is 14.5 Å². The van der Waals surface area contributed by atoms with E-state index < -0.39 is 0 Å². The highest BCUT2D eigenvalue weighted by atomic mass is 32.1. The number of piperazine rings is 1. The summed E-state index contributed by atoms with van der Waals surface area (Å²) >= 11 is 1.46. The summed E-state index contributed by atoms with van der Waals surface area (Å²) in [6.45, 7) is 9.54. The molecule has 0 unspecified atom stereocenters. The van der Waals surface area contributed by atoms with E-state index in [0.29, 0.717) is 51.6 Å². The van der Waals surface area contributed by atoms with E-state index in [-0.39, 0.29) is 17.9 Å². The van der Waals surface area contributed by atoms with Gasteiger partial charge in [-0.2, -0.15) is 0 Å². The zero-order chi connectivity index (χ0) is 22.5. The summed E-state index contributed by atoms with van der Waals surface area (Å²) in [6, 6.07) is 7.77. The van der Waals surface area contributed by atoms with E-state index in [1.165, 1.54) is 11.3 Å². The van der Waals surface area contributed by atoms with Crippen molar-refractivity contribution in [2.75, 3.05) is 59.0 Å². The van der Waals surface area contributed by atoms with E-state index in [4.69, 9.17) is 9.47 Å². The molecule has 0 bridgehead atoms. The van der Waals surface area contributed by atoms with E-state index >= 15 is 0 Å². The van der Waals surface area contributed by atoms with Crippen LogP contribution in [0.25, 0.3) is 10.6 Å². The minimum Gasteiger partial charge on any atom is -0.491 e. The average molecular weight is 459 g/mol. The van der Waals surface area contributed by atoms with Crippen LogP contribution in [-0.4, -0.2) is 96.6 Å². The Bertz CT molecular complexity index is 916. The number of nitrogens with zero attached hydrogens (tertiary/aromatic N) is 4. The van der Waals surface area contributed by atoms with Gasteiger partial charge < -0.3 is 19.3 Å². The summed E-state index contributed by atoms with van der Waals surface area (Å²) in [6.07, 6.45) is 0.125. The highest BCUT2D eigenvalue weighted by Gasteiger charge is 2.27. The number of hydrogen-bond donors (Lipinski definition) is 0. The number of hydrogen-bond acceptors (Lipinski definition) is 7. The van der Waals surface area contributed by atoms with Gasteiger partial charge in [0.15, 0.2) is 0 Å². The summed E-state index contributed by atoms with van der Waals surface area (Å²) < 4.78 is 11.0. The van der Waals surface area contributed by atoms with Crippen molar-refractivity contribution in [1.29, 1.82) is 0 Å². The van der Waals surface area contributed by atoms with Crippen molar-refractivity contribution in [3.05, 3.63) is 35.3 Å². The lowest BCUT2D eigenvalue weighted by atomic mass is 10.2. The van der Waals surface area contributed by atoms with Crippen LogP contribution in [0, 0.1) is 0 Å². The Balaban J connectivity index is 1.30. The summed E-state index contributed by atoms with van der Waals surface area (Å²) in [4.78, 5) is 35.8. The molecule has 9 heteroatoms. The van der Waals surface area contributed by atoms with E-state index in [1.807, 2.05) is 48.4 Å². The van der Waals surface area contributed by atoms with Crippen LogP contribution in [0.2, 0.25) is 0 Å². The normalized spacial score (nSPS) is 17.6. The lowest BCUT2D eigenvalue weighted by Crippen LogP contribution is -2.53. The van der Waals surface area contributed by atoms with Crippen molar-refractivity contribution in [3.8, 4) is 16.3 Å². The maximum Gasteiger partial charge on any atom is 0.273 e. The molecule has 2 amide bonds. The zero-order valence-electron chi connectivity index (χ0n) is 18.7. The molecule has 3 heterocycles. The molecule has 0 saturated carbocycles. The van der Waals surface area contributed by atoms with Crippen LogP contribution in [0.1, 0.15) is 24.3 Å². The van der Waals surface area contributed by atoms with Gasteiger partial charge in [0.1, 0.15) is 16.5 Å². The van der Waals surface area contributed by atoms with Crippen LogP contribution in [0.3, 0.4) is 0 Å². The van der Waals surface area contributed by atoms with Crippen LogP contribution in [0.4, 0.5) is 0 Å². The minimum atomic E-state index is -0.0764. The van der Waals surface area contributed by atoms with Crippen molar-refractivity contribution < 1.29 is 19.1 Å². The van der Waals surface area contributed by atoms with Gasteiger partial charge in [0.05, 0.1) is 25.9 Å². The molecular formula is C23H30N4O4S. The lowest BCUT2D eigenvalue weighted by molar-refractivity contribution is -0.134. The first-order valence-corrected chi connectivity index (χ1v) is 12.0. The molecule has 32 heavy (non-hydrogen) atoms. The average Bonchev–Trinajstić information content (AvgIpc) is 3.30. The number of ether oxygens (including phenoxy) is 2. The number of benzene rings is 1. The van der Waals surface area contributed by atoms with Crippen LogP contribution in [0.15, 0.2) is 29.6 Å². The molecule has 2 aromatic rings. The van der Waals surface area contributed by atoms with E-state index in [1.54, 1.807) is 4.90 Å². The molecule has 8 nitrogen and oxygen atoms in total. The quantitative estimate of drug-likeness (QED) is 0.661. The second-order valence-corrected chi connectivity index (χ2v) is 9.15. The fourth-order valence-electron chi connectivity index (χ4n) is 3.82. The van der Waals surface area contributed by atoms with Gasteiger partial charge in [-0.15, -0.1) is 11.3 Å². The third kappa shape index (κ3) is 5.65.